The first-order chi connectivity index (χ1) is 11.0. The van der Waals surface area contributed by atoms with Crippen LogP contribution in [0.1, 0.15) is 48.9 Å². The SMILES string of the molecule is CNS(=O)(=O)c1ccc(C(=O)N2CCCC3CCCCC32)cc1. The highest BCUT2D eigenvalue weighted by atomic mass is 32.2. The van der Waals surface area contributed by atoms with Crippen molar-refractivity contribution in [2.24, 2.45) is 5.92 Å². The van der Waals surface area contributed by atoms with Crippen LogP contribution in [0, 0.1) is 5.92 Å². The van der Waals surface area contributed by atoms with Crippen LogP contribution in [0.3, 0.4) is 0 Å². The van der Waals surface area contributed by atoms with Crippen LogP contribution in [-0.4, -0.2) is 38.9 Å². The molecule has 2 atom stereocenters. The molecule has 0 radical (unpaired) electrons. The van der Waals surface area contributed by atoms with Gasteiger partial charge in [-0.2, -0.15) is 0 Å². The second-order valence-electron chi connectivity index (χ2n) is 6.48. The molecule has 1 aliphatic heterocycles. The zero-order chi connectivity index (χ0) is 16.4. The largest absolute Gasteiger partial charge is 0.335 e. The third kappa shape index (κ3) is 3.28. The van der Waals surface area contributed by atoms with E-state index in [0.29, 0.717) is 17.5 Å². The zero-order valence-electron chi connectivity index (χ0n) is 13.5. The van der Waals surface area contributed by atoms with Gasteiger partial charge in [0, 0.05) is 18.2 Å². The second kappa shape index (κ2) is 6.61. The van der Waals surface area contributed by atoms with Crippen molar-refractivity contribution in [3.05, 3.63) is 29.8 Å². The summed E-state index contributed by atoms with van der Waals surface area (Å²) in [7, 11) is -2.08. The number of nitrogens with one attached hydrogen (secondary N) is 1. The van der Waals surface area contributed by atoms with Crippen molar-refractivity contribution < 1.29 is 13.2 Å². The summed E-state index contributed by atoms with van der Waals surface area (Å²) in [6.07, 6.45) is 7.10. The summed E-state index contributed by atoms with van der Waals surface area (Å²) in [5.74, 6) is 0.681. The van der Waals surface area contributed by atoms with Gasteiger partial charge in [0.1, 0.15) is 0 Å². The predicted octanol–water partition coefficient (Wildman–Crippen LogP) is 2.39. The van der Waals surface area contributed by atoms with Gasteiger partial charge >= 0.3 is 0 Å². The molecule has 1 heterocycles. The van der Waals surface area contributed by atoms with E-state index in [1.807, 2.05) is 4.90 Å². The Morgan fingerprint density at radius 1 is 1.09 bits per heavy atom. The van der Waals surface area contributed by atoms with E-state index in [2.05, 4.69) is 4.72 Å². The Kier molecular flexibility index (Phi) is 4.73. The second-order valence-corrected chi connectivity index (χ2v) is 8.37. The summed E-state index contributed by atoms with van der Waals surface area (Å²) in [5, 5.41) is 0. The zero-order valence-corrected chi connectivity index (χ0v) is 14.3. The standard InChI is InChI=1S/C17H24N2O3S/c1-18-23(21,22)15-10-8-14(9-11-15)17(20)19-12-4-6-13-5-2-3-7-16(13)19/h8-11,13,16,18H,2-7,12H2,1H3. The molecule has 2 aliphatic rings. The minimum absolute atomic E-state index is 0.0370. The van der Waals surface area contributed by atoms with Crippen molar-refractivity contribution in [1.29, 1.82) is 0 Å². The topological polar surface area (TPSA) is 66.5 Å². The number of amides is 1. The predicted molar refractivity (Wildman–Crippen MR) is 88.7 cm³/mol. The van der Waals surface area contributed by atoms with Crippen LogP contribution < -0.4 is 4.72 Å². The maximum atomic E-state index is 12.8. The normalized spacial score (nSPS) is 25.0. The van der Waals surface area contributed by atoms with Crippen molar-refractivity contribution in [2.75, 3.05) is 13.6 Å². The molecule has 5 nitrogen and oxygen atoms in total. The highest BCUT2D eigenvalue weighted by Gasteiger charge is 2.35. The molecule has 0 aromatic heterocycles. The number of sulfonamides is 1. The van der Waals surface area contributed by atoms with E-state index in [4.69, 9.17) is 0 Å². The Morgan fingerprint density at radius 3 is 2.43 bits per heavy atom. The lowest BCUT2D eigenvalue weighted by Gasteiger charge is -2.44. The summed E-state index contributed by atoms with van der Waals surface area (Å²) in [6, 6.07) is 6.62. The van der Waals surface area contributed by atoms with Crippen molar-refractivity contribution in [3.8, 4) is 0 Å². The first-order valence-electron chi connectivity index (χ1n) is 8.37. The number of hydrogen-bond donors (Lipinski definition) is 1. The number of likely N-dealkylation sites (tertiary alicyclic amines) is 1. The Hall–Kier alpha value is -1.40. The smallest absolute Gasteiger partial charge is 0.254 e. The molecule has 0 spiro atoms. The number of carbonyl (C=O) groups excluding carboxylic acids is 1. The summed E-state index contributed by atoms with van der Waals surface area (Å²) >= 11 is 0. The van der Waals surface area contributed by atoms with Gasteiger partial charge in [-0.25, -0.2) is 13.1 Å². The highest BCUT2D eigenvalue weighted by molar-refractivity contribution is 7.89. The van der Waals surface area contributed by atoms with E-state index < -0.39 is 10.0 Å². The van der Waals surface area contributed by atoms with Crippen molar-refractivity contribution in [2.45, 2.75) is 49.5 Å². The van der Waals surface area contributed by atoms with Crippen LogP contribution >= 0.6 is 0 Å². The first-order valence-corrected chi connectivity index (χ1v) is 9.86. The maximum Gasteiger partial charge on any atom is 0.254 e. The van der Waals surface area contributed by atoms with Gasteiger partial charge in [-0.15, -0.1) is 0 Å². The lowest BCUT2D eigenvalue weighted by molar-refractivity contribution is 0.0390. The molecule has 1 aromatic rings. The summed E-state index contributed by atoms with van der Waals surface area (Å²) in [4.78, 5) is 15.1. The number of hydrogen-bond acceptors (Lipinski definition) is 3. The molecule has 6 heteroatoms. The molecule has 126 valence electrons. The molecule has 1 amide bonds. The number of rotatable bonds is 3. The fourth-order valence-corrected chi connectivity index (χ4v) is 4.67. The van der Waals surface area contributed by atoms with Gasteiger partial charge in [0.25, 0.3) is 5.91 Å². The molecule has 1 saturated heterocycles. The minimum atomic E-state index is -3.46. The molecule has 3 rings (SSSR count). The van der Waals surface area contributed by atoms with Gasteiger partial charge < -0.3 is 4.90 Å². The Labute approximate surface area is 138 Å². The van der Waals surface area contributed by atoms with E-state index in [-0.39, 0.29) is 10.8 Å². The number of carbonyl (C=O) groups is 1. The van der Waals surface area contributed by atoms with Gasteiger partial charge in [-0.3, -0.25) is 4.79 Å². The molecular formula is C17H24N2O3S. The van der Waals surface area contributed by atoms with Crippen LogP contribution in [0.4, 0.5) is 0 Å². The van der Waals surface area contributed by atoms with Crippen molar-refractivity contribution >= 4 is 15.9 Å². The molecule has 1 aliphatic carbocycles. The van der Waals surface area contributed by atoms with Crippen molar-refractivity contribution in [3.63, 3.8) is 0 Å². The summed E-state index contributed by atoms with van der Waals surface area (Å²) in [6.45, 7) is 0.816. The average molecular weight is 336 g/mol. The summed E-state index contributed by atoms with van der Waals surface area (Å²) in [5.41, 5.74) is 0.575. The van der Waals surface area contributed by atoms with Crippen LogP contribution in [0.2, 0.25) is 0 Å². The summed E-state index contributed by atoms with van der Waals surface area (Å²) < 4.78 is 25.8. The molecular weight excluding hydrogens is 312 g/mol. The molecule has 1 N–H and O–H groups in total. The molecule has 1 aromatic carbocycles. The van der Waals surface area contributed by atoms with Crippen LogP contribution in [-0.2, 0) is 10.0 Å². The molecule has 2 fully saturated rings. The monoisotopic (exact) mass is 336 g/mol. The molecule has 1 saturated carbocycles. The Balaban J connectivity index is 1.79. The van der Waals surface area contributed by atoms with E-state index in [1.165, 1.54) is 44.9 Å². The lowest BCUT2D eigenvalue weighted by atomic mass is 9.78. The van der Waals surface area contributed by atoms with Crippen molar-refractivity contribution in [1.82, 2.24) is 9.62 Å². The number of nitrogens with zero attached hydrogens (tertiary/aromatic N) is 1. The van der Waals surface area contributed by atoms with Crippen LogP contribution in [0.15, 0.2) is 29.2 Å². The first kappa shape index (κ1) is 16.5. The van der Waals surface area contributed by atoms with E-state index in [1.54, 1.807) is 12.1 Å². The number of fused-ring (bicyclic) bond motifs is 1. The van der Waals surface area contributed by atoms with Gasteiger partial charge in [-0.05, 0) is 62.9 Å². The minimum Gasteiger partial charge on any atom is -0.335 e. The maximum absolute atomic E-state index is 12.8. The lowest BCUT2D eigenvalue weighted by Crippen LogP contribution is -2.49. The Morgan fingerprint density at radius 2 is 1.74 bits per heavy atom. The third-order valence-corrected chi connectivity index (χ3v) is 6.61. The van der Waals surface area contributed by atoms with E-state index in [0.717, 1.165) is 19.4 Å². The third-order valence-electron chi connectivity index (χ3n) is 5.18. The van der Waals surface area contributed by atoms with Gasteiger partial charge in [0.05, 0.1) is 4.90 Å². The Bertz CT molecular complexity index is 668. The fourth-order valence-electron chi connectivity index (χ4n) is 3.94. The number of benzene rings is 1. The van der Waals surface area contributed by atoms with E-state index >= 15 is 0 Å². The highest BCUT2D eigenvalue weighted by Crippen LogP contribution is 2.35. The van der Waals surface area contributed by atoms with E-state index in [9.17, 15) is 13.2 Å². The van der Waals surface area contributed by atoms with Crippen LogP contribution in [0.5, 0.6) is 0 Å². The fraction of sp³-hybridized carbons (Fsp3) is 0.588. The molecule has 0 bridgehead atoms. The quantitative estimate of drug-likeness (QED) is 0.921. The van der Waals surface area contributed by atoms with Crippen LogP contribution in [0.25, 0.3) is 0 Å². The van der Waals surface area contributed by atoms with Gasteiger partial charge in [0.15, 0.2) is 0 Å². The van der Waals surface area contributed by atoms with Gasteiger partial charge in [-0.1, -0.05) is 12.8 Å². The average Bonchev–Trinajstić information content (AvgIpc) is 2.60. The number of piperidine rings is 1. The molecule has 23 heavy (non-hydrogen) atoms. The molecule has 2 unspecified atom stereocenters. The van der Waals surface area contributed by atoms with Gasteiger partial charge in [0.2, 0.25) is 10.0 Å².